The fourth-order valence-electron chi connectivity index (χ4n) is 8.87. The molecule has 58 heavy (non-hydrogen) atoms. The topological polar surface area (TPSA) is 165 Å². The maximum absolute atomic E-state index is 12.6. The summed E-state index contributed by atoms with van der Waals surface area (Å²) in [6.07, 6.45) is 18.1. The van der Waals surface area contributed by atoms with Gasteiger partial charge in [0.05, 0.1) is 12.7 Å². The quantitative estimate of drug-likeness (QED) is 0.0596. The highest BCUT2D eigenvalue weighted by Gasteiger charge is 2.51. The molecule has 3 aromatic rings. The van der Waals surface area contributed by atoms with Crippen molar-refractivity contribution in [3.05, 3.63) is 71.3 Å². The van der Waals surface area contributed by atoms with Gasteiger partial charge in [0.2, 0.25) is 0 Å². The third-order valence-electron chi connectivity index (χ3n) is 11.9. The number of hydrogen-bond acceptors (Lipinski definition) is 9. The van der Waals surface area contributed by atoms with Crippen LogP contribution in [0.5, 0.6) is 0 Å². The Morgan fingerprint density at radius 2 is 1.17 bits per heavy atom. The highest BCUT2D eigenvalue weighted by molar-refractivity contribution is 7.89. The van der Waals surface area contributed by atoms with Crippen molar-refractivity contribution in [2.75, 3.05) is 14.2 Å². The Morgan fingerprint density at radius 1 is 0.672 bits per heavy atom. The Labute approximate surface area is 346 Å². The number of esters is 2. The van der Waals surface area contributed by atoms with E-state index in [-0.39, 0.29) is 23.4 Å². The molecule has 4 atom stereocenters. The van der Waals surface area contributed by atoms with Gasteiger partial charge in [0, 0.05) is 23.9 Å². The van der Waals surface area contributed by atoms with Crippen LogP contribution in [-0.4, -0.2) is 75.1 Å². The lowest BCUT2D eigenvalue weighted by molar-refractivity contribution is -0.156. The molecule has 2 fully saturated rings. The van der Waals surface area contributed by atoms with E-state index >= 15 is 0 Å². The van der Waals surface area contributed by atoms with Gasteiger partial charge in [0.15, 0.2) is 0 Å². The number of ether oxygens (including phenoxy) is 2. The van der Waals surface area contributed by atoms with Crippen LogP contribution in [0.15, 0.2) is 64.4 Å². The molecule has 13 heteroatoms. The van der Waals surface area contributed by atoms with E-state index in [1.54, 1.807) is 42.5 Å². The molecule has 5 rings (SSSR count). The van der Waals surface area contributed by atoms with E-state index < -0.39 is 42.0 Å². The van der Waals surface area contributed by atoms with E-state index in [0.29, 0.717) is 48.2 Å². The minimum atomic E-state index is -4.91. The summed E-state index contributed by atoms with van der Waals surface area (Å²) in [5, 5.41) is 0.760. The molecule has 2 aliphatic rings. The number of methoxy groups -OCH3 is 1. The standard InChI is InChI=1S/C28H44O6S2.C17H21NO4/c1-3-5-7-9-11-13-15-19-23-24-20-17-18-22-26(24)28(36(32,33)34)27(35(29,30)31)25(23)21-16-14-12-10-8-6-4-2;1-18-12-8-9-13(18)15(17(20)21-2)14(10-12)22-16(19)11-6-4-3-5-7-11/h17-18,20,22H,3-16,19,21H2,1-2H3,(H,29,30,31)(H,32,33,34);3-7,12-15H,8-10H2,1-2H3. The summed E-state index contributed by atoms with van der Waals surface area (Å²) >= 11 is 0. The third kappa shape index (κ3) is 12.8. The summed E-state index contributed by atoms with van der Waals surface area (Å²) in [6, 6.07) is 16.0. The SMILES string of the molecule is CCCCCCCCCc1c(S(=O)(=O)O)c(S(=O)(=O)O)c2ccccc2c1CCCCCCCCC.COC(=O)C1C(OC(=O)c2ccccc2)CC2CCC1N2C. The maximum Gasteiger partial charge on any atom is 0.338 e. The zero-order valence-corrected chi connectivity index (χ0v) is 36.5. The normalized spacial score (nSPS) is 19.4. The Balaban J connectivity index is 0.000000287. The van der Waals surface area contributed by atoms with Crippen molar-refractivity contribution >= 4 is 42.9 Å². The molecule has 4 unspecified atom stereocenters. The smallest absolute Gasteiger partial charge is 0.338 e. The van der Waals surface area contributed by atoms with Crippen LogP contribution < -0.4 is 0 Å². The first-order chi connectivity index (χ1) is 27.7. The third-order valence-corrected chi connectivity index (χ3v) is 13.9. The van der Waals surface area contributed by atoms with Crippen LogP contribution in [0, 0.1) is 5.92 Å². The predicted molar refractivity (Wildman–Crippen MR) is 227 cm³/mol. The van der Waals surface area contributed by atoms with Crippen LogP contribution in [0.1, 0.15) is 144 Å². The number of benzene rings is 3. The lowest BCUT2D eigenvalue weighted by atomic mass is 9.87. The van der Waals surface area contributed by atoms with E-state index in [4.69, 9.17) is 9.47 Å². The van der Waals surface area contributed by atoms with Gasteiger partial charge in [-0.15, -0.1) is 0 Å². The number of unbranched alkanes of at least 4 members (excludes halogenated alkanes) is 12. The molecule has 0 radical (unpaired) electrons. The molecule has 3 aromatic carbocycles. The van der Waals surface area contributed by atoms with Crippen LogP contribution >= 0.6 is 0 Å². The van der Waals surface area contributed by atoms with Crippen molar-refractivity contribution in [3.8, 4) is 0 Å². The lowest BCUT2D eigenvalue weighted by Crippen LogP contribution is -2.53. The number of fused-ring (bicyclic) bond motifs is 3. The van der Waals surface area contributed by atoms with Gasteiger partial charge in [0.25, 0.3) is 20.2 Å². The van der Waals surface area contributed by atoms with Crippen molar-refractivity contribution in [1.29, 1.82) is 0 Å². The molecule has 0 spiro atoms. The van der Waals surface area contributed by atoms with Gasteiger partial charge in [-0.25, -0.2) is 4.79 Å². The second kappa shape index (κ2) is 22.9. The zero-order chi connectivity index (χ0) is 42.3. The minimum Gasteiger partial charge on any atom is -0.469 e. The van der Waals surface area contributed by atoms with E-state index in [9.17, 15) is 35.5 Å². The summed E-state index contributed by atoms with van der Waals surface area (Å²) in [5.74, 6) is -1.06. The van der Waals surface area contributed by atoms with Crippen molar-refractivity contribution in [3.63, 3.8) is 0 Å². The Morgan fingerprint density at radius 3 is 1.71 bits per heavy atom. The van der Waals surface area contributed by atoms with Crippen LogP contribution in [0.3, 0.4) is 0 Å². The molecule has 0 amide bonds. The number of aryl methyl sites for hydroxylation is 1. The molecule has 2 saturated heterocycles. The summed E-state index contributed by atoms with van der Waals surface area (Å²) in [5.41, 5.74) is 1.62. The summed E-state index contributed by atoms with van der Waals surface area (Å²) in [4.78, 5) is 25.4. The summed E-state index contributed by atoms with van der Waals surface area (Å²) in [6.45, 7) is 4.34. The molecule has 0 aliphatic carbocycles. The largest absolute Gasteiger partial charge is 0.469 e. The van der Waals surface area contributed by atoms with Crippen LogP contribution in [0.2, 0.25) is 0 Å². The zero-order valence-electron chi connectivity index (χ0n) is 34.9. The summed E-state index contributed by atoms with van der Waals surface area (Å²) in [7, 11) is -6.38. The average Bonchev–Trinajstić information content (AvgIpc) is 3.42. The predicted octanol–water partition coefficient (Wildman–Crippen LogP) is 9.79. The Kier molecular flexibility index (Phi) is 18.6. The van der Waals surface area contributed by atoms with E-state index in [2.05, 4.69) is 18.7 Å². The maximum atomic E-state index is 12.6. The van der Waals surface area contributed by atoms with Gasteiger partial charge in [-0.1, -0.05) is 133 Å². The first-order valence-electron chi connectivity index (χ1n) is 21.3. The molecule has 0 aromatic heterocycles. The van der Waals surface area contributed by atoms with Crippen LogP contribution in [0.4, 0.5) is 0 Å². The first-order valence-corrected chi connectivity index (χ1v) is 24.2. The number of hydrogen-bond donors (Lipinski definition) is 2. The average molecular weight is 844 g/mol. The number of piperidine rings is 1. The van der Waals surface area contributed by atoms with Gasteiger partial charge in [0.1, 0.15) is 21.8 Å². The summed E-state index contributed by atoms with van der Waals surface area (Å²) < 4.78 is 80.9. The van der Waals surface area contributed by atoms with E-state index in [1.165, 1.54) is 45.3 Å². The van der Waals surface area contributed by atoms with Gasteiger partial charge >= 0.3 is 11.9 Å². The fraction of sp³-hybridized carbons (Fsp3) is 0.600. The molecule has 2 bridgehead atoms. The molecule has 0 saturated carbocycles. The molecule has 2 aliphatic heterocycles. The highest BCUT2D eigenvalue weighted by atomic mass is 32.2. The van der Waals surface area contributed by atoms with Gasteiger partial charge in [-0.2, -0.15) is 16.8 Å². The van der Waals surface area contributed by atoms with Crippen LogP contribution in [0.25, 0.3) is 10.8 Å². The minimum absolute atomic E-state index is 0.0970. The first kappa shape index (κ1) is 47.3. The van der Waals surface area contributed by atoms with Crippen LogP contribution in [-0.2, 0) is 47.3 Å². The molecular formula is C45H65NO10S2. The van der Waals surface area contributed by atoms with E-state index in [0.717, 1.165) is 69.8 Å². The van der Waals surface area contributed by atoms with E-state index in [1.807, 2.05) is 13.1 Å². The second-order valence-electron chi connectivity index (χ2n) is 15.9. The number of carbonyl (C=O) groups is 2. The number of rotatable bonds is 21. The van der Waals surface area contributed by atoms with Gasteiger partial charge in [-0.3, -0.25) is 18.8 Å². The van der Waals surface area contributed by atoms with Gasteiger partial charge in [-0.05, 0) is 74.2 Å². The Hall–Kier alpha value is -3.36. The van der Waals surface area contributed by atoms with Crippen molar-refractivity contribution in [1.82, 2.24) is 4.90 Å². The molecule has 2 heterocycles. The molecule has 11 nitrogen and oxygen atoms in total. The monoisotopic (exact) mass is 843 g/mol. The molecular weight excluding hydrogens is 779 g/mol. The van der Waals surface area contributed by atoms with Crippen molar-refractivity contribution in [2.45, 2.75) is 164 Å². The number of nitrogens with zero attached hydrogens (tertiary/aromatic N) is 1. The fourth-order valence-corrected chi connectivity index (χ4v) is 11.2. The highest BCUT2D eigenvalue weighted by Crippen LogP contribution is 2.41. The Bertz CT molecular complexity index is 2000. The lowest BCUT2D eigenvalue weighted by Gasteiger charge is -2.40. The molecule has 2 N–H and O–H groups in total. The van der Waals surface area contributed by atoms with Gasteiger partial charge < -0.3 is 9.47 Å². The number of carbonyl (C=O) groups excluding carboxylic acids is 2. The van der Waals surface area contributed by atoms with Crippen molar-refractivity contribution in [2.24, 2.45) is 5.92 Å². The second-order valence-corrected chi connectivity index (χ2v) is 18.6. The van der Waals surface area contributed by atoms with Crippen molar-refractivity contribution < 1.29 is 45.0 Å². The molecule has 322 valence electrons.